The van der Waals surface area contributed by atoms with Gasteiger partial charge in [-0.1, -0.05) is 39.5 Å². The summed E-state index contributed by atoms with van der Waals surface area (Å²) in [7, 11) is -1.73. The van der Waals surface area contributed by atoms with Crippen molar-refractivity contribution < 1.29 is 14.0 Å². The molecule has 1 N–H and O–H groups in total. The summed E-state index contributed by atoms with van der Waals surface area (Å²) in [5, 5.41) is 9.76. The SMILES string of the molecule is CC(C)CCC1CCC(C2(C(=O)O)CC[Si](F)CC2)CC1. The van der Waals surface area contributed by atoms with E-state index in [1.54, 1.807) is 0 Å². The van der Waals surface area contributed by atoms with E-state index < -0.39 is 20.5 Å². The number of aliphatic carboxylic acids is 1. The van der Waals surface area contributed by atoms with Crippen molar-refractivity contribution in [2.24, 2.45) is 23.2 Å². The average molecular weight is 314 g/mol. The first-order valence-electron chi connectivity index (χ1n) is 8.67. The number of halogens is 1. The van der Waals surface area contributed by atoms with E-state index in [4.69, 9.17) is 0 Å². The third-order valence-electron chi connectivity index (χ3n) is 5.89. The Morgan fingerprint density at radius 2 is 1.81 bits per heavy atom. The molecule has 121 valence electrons. The third kappa shape index (κ3) is 4.08. The maximum Gasteiger partial charge on any atom is 0.309 e. The number of carbonyl (C=O) groups is 1. The van der Waals surface area contributed by atoms with E-state index in [0.29, 0.717) is 30.8 Å². The molecule has 21 heavy (non-hydrogen) atoms. The topological polar surface area (TPSA) is 37.3 Å². The van der Waals surface area contributed by atoms with Crippen LogP contribution in [0.4, 0.5) is 4.11 Å². The van der Waals surface area contributed by atoms with Crippen LogP contribution in [0.1, 0.15) is 65.2 Å². The Morgan fingerprint density at radius 1 is 1.24 bits per heavy atom. The molecule has 1 saturated heterocycles. The predicted molar refractivity (Wildman–Crippen MR) is 85.3 cm³/mol. The standard InChI is InChI=1S/C17H30FO2Si/c1-13(2)3-4-14-5-7-15(8-6-14)17(16(19)20)9-11-21(18)12-10-17/h13-15H,3-12H2,1-2H3,(H,19,20). The predicted octanol–water partition coefficient (Wildman–Crippen LogP) is 5.05. The van der Waals surface area contributed by atoms with Crippen LogP contribution < -0.4 is 0 Å². The van der Waals surface area contributed by atoms with Crippen LogP contribution in [0.5, 0.6) is 0 Å². The summed E-state index contributed by atoms with van der Waals surface area (Å²) >= 11 is 0. The van der Waals surface area contributed by atoms with Crippen molar-refractivity contribution in [3.63, 3.8) is 0 Å². The van der Waals surface area contributed by atoms with Crippen molar-refractivity contribution in [3.8, 4) is 0 Å². The van der Waals surface area contributed by atoms with Gasteiger partial charge in [-0.15, -0.1) is 0 Å². The molecule has 0 aromatic carbocycles. The summed E-state index contributed by atoms with van der Waals surface area (Å²) in [6.07, 6.45) is 8.21. The highest BCUT2D eigenvalue weighted by molar-refractivity contribution is 6.51. The van der Waals surface area contributed by atoms with Crippen LogP contribution in [-0.4, -0.2) is 20.2 Å². The molecule has 0 bridgehead atoms. The normalized spacial score (nSPS) is 30.5. The Kier molecular flexibility index (Phi) is 5.86. The van der Waals surface area contributed by atoms with Crippen LogP contribution in [0.3, 0.4) is 0 Å². The zero-order chi connectivity index (χ0) is 15.5. The second-order valence-electron chi connectivity index (χ2n) is 7.67. The average Bonchev–Trinajstić information content (AvgIpc) is 2.46. The van der Waals surface area contributed by atoms with Gasteiger partial charge >= 0.3 is 5.97 Å². The van der Waals surface area contributed by atoms with Gasteiger partial charge in [0.15, 0.2) is 0 Å². The van der Waals surface area contributed by atoms with Crippen LogP contribution in [0, 0.1) is 23.2 Å². The van der Waals surface area contributed by atoms with Gasteiger partial charge in [0.2, 0.25) is 0 Å². The monoisotopic (exact) mass is 313 g/mol. The Hall–Kier alpha value is -0.383. The first kappa shape index (κ1) is 17.0. The second kappa shape index (κ2) is 7.25. The van der Waals surface area contributed by atoms with Gasteiger partial charge in [0.05, 0.1) is 5.41 Å². The Balaban J connectivity index is 1.91. The Labute approximate surface area is 130 Å². The van der Waals surface area contributed by atoms with E-state index in [0.717, 1.165) is 24.7 Å². The highest BCUT2D eigenvalue weighted by atomic mass is 28.3. The van der Waals surface area contributed by atoms with E-state index >= 15 is 0 Å². The molecule has 1 aliphatic carbocycles. The van der Waals surface area contributed by atoms with Crippen molar-refractivity contribution in [2.75, 3.05) is 0 Å². The Morgan fingerprint density at radius 3 is 2.29 bits per heavy atom. The maximum absolute atomic E-state index is 13.5. The second-order valence-corrected chi connectivity index (χ2v) is 9.70. The first-order valence-corrected chi connectivity index (χ1v) is 10.5. The van der Waals surface area contributed by atoms with E-state index in [2.05, 4.69) is 13.8 Å². The zero-order valence-corrected chi connectivity index (χ0v) is 14.5. The van der Waals surface area contributed by atoms with Crippen molar-refractivity contribution in [3.05, 3.63) is 0 Å². The van der Waals surface area contributed by atoms with Gasteiger partial charge in [-0.3, -0.25) is 4.79 Å². The maximum atomic E-state index is 13.5. The fraction of sp³-hybridized carbons (Fsp3) is 0.941. The Bertz CT molecular complexity index is 343. The van der Waals surface area contributed by atoms with Crippen LogP contribution in [0.15, 0.2) is 0 Å². The van der Waals surface area contributed by atoms with Gasteiger partial charge in [0, 0.05) is 0 Å². The lowest BCUT2D eigenvalue weighted by Crippen LogP contribution is -2.44. The number of carboxylic acid groups (broad SMARTS) is 1. The van der Waals surface area contributed by atoms with Crippen molar-refractivity contribution in [2.45, 2.75) is 77.3 Å². The molecule has 1 radical (unpaired) electrons. The van der Waals surface area contributed by atoms with Crippen LogP contribution in [0.25, 0.3) is 0 Å². The lowest BCUT2D eigenvalue weighted by atomic mass is 9.63. The van der Waals surface area contributed by atoms with Gasteiger partial charge in [0.1, 0.15) is 0 Å². The van der Waals surface area contributed by atoms with Gasteiger partial charge in [0.25, 0.3) is 9.13 Å². The number of carboxylic acids is 1. The van der Waals surface area contributed by atoms with Gasteiger partial charge in [-0.2, -0.15) is 0 Å². The summed E-state index contributed by atoms with van der Waals surface area (Å²) in [4.78, 5) is 11.9. The summed E-state index contributed by atoms with van der Waals surface area (Å²) < 4.78 is 13.5. The lowest BCUT2D eigenvalue weighted by molar-refractivity contribution is -0.155. The summed E-state index contributed by atoms with van der Waals surface area (Å²) in [5.41, 5.74) is -0.594. The third-order valence-corrected chi connectivity index (χ3v) is 7.48. The van der Waals surface area contributed by atoms with E-state index in [1.807, 2.05) is 0 Å². The molecule has 0 atom stereocenters. The van der Waals surface area contributed by atoms with Crippen LogP contribution >= 0.6 is 0 Å². The lowest BCUT2D eigenvalue weighted by Gasteiger charge is -2.43. The molecule has 4 heteroatoms. The molecule has 1 saturated carbocycles. The minimum Gasteiger partial charge on any atom is -0.481 e. The molecule has 0 amide bonds. The molecule has 1 heterocycles. The molecule has 0 aromatic rings. The molecule has 0 aromatic heterocycles. The molecule has 0 spiro atoms. The first-order chi connectivity index (χ1) is 9.94. The quantitative estimate of drug-likeness (QED) is 0.569. The molecule has 2 nitrogen and oxygen atoms in total. The highest BCUT2D eigenvalue weighted by Crippen LogP contribution is 2.50. The molecule has 1 aliphatic heterocycles. The molecular formula is C17H30FO2Si. The fourth-order valence-corrected chi connectivity index (χ4v) is 6.02. The molecule has 2 rings (SSSR count). The number of hydrogen-bond acceptors (Lipinski definition) is 1. The number of hydrogen-bond donors (Lipinski definition) is 1. The minimum absolute atomic E-state index is 0.292. The molecule has 2 aliphatic rings. The smallest absolute Gasteiger partial charge is 0.309 e. The van der Waals surface area contributed by atoms with Crippen LogP contribution in [0.2, 0.25) is 12.1 Å². The van der Waals surface area contributed by atoms with E-state index in [-0.39, 0.29) is 0 Å². The molecule has 0 unspecified atom stereocenters. The number of rotatable bonds is 5. The van der Waals surface area contributed by atoms with E-state index in [9.17, 15) is 14.0 Å². The van der Waals surface area contributed by atoms with E-state index in [1.165, 1.54) is 25.7 Å². The van der Waals surface area contributed by atoms with Crippen molar-refractivity contribution in [1.29, 1.82) is 0 Å². The molecule has 2 fully saturated rings. The highest BCUT2D eigenvalue weighted by Gasteiger charge is 2.49. The van der Waals surface area contributed by atoms with Crippen molar-refractivity contribution in [1.82, 2.24) is 0 Å². The van der Waals surface area contributed by atoms with Gasteiger partial charge in [-0.05, 0) is 55.5 Å². The summed E-state index contributed by atoms with van der Waals surface area (Å²) in [6.45, 7) is 4.53. The summed E-state index contributed by atoms with van der Waals surface area (Å²) in [6, 6.07) is 1.09. The van der Waals surface area contributed by atoms with Gasteiger partial charge in [-0.25, -0.2) is 0 Å². The van der Waals surface area contributed by atoms with Gasteiger partial charge < -0.3 is 9.21 Å². The summed E-state index contributed by atoms with van der Waals surface area (Å²) in [5.74, 6) is 1.19. The minimum atomic E-state index is -1.73. The fourth-order valence-electron chi connectivity index (χ4n) is 4.34. The zero-order valence-electron chi connectivity index (χ0n) is 13.5. The molecular weight excluding hydrogens is 283 g/mol. The van der Waals surface area contributed by atoms with Crippen molar-refractivity contribution >= 4 is 15.1 Å². The largest absolute Gasteiger partial charge is 0.481 e. The van der Waals surface area contributed by atoms with Crippen LogP contribution in [-0.2, 0) is 4.79 Å².